The highest BCUT2D eigenvalue weighted by molar-refractivity contribution is 7.00. The van der Waals surface area contributed by atoms with Gasteiger partial charge in [0.05, 0.1) is 27.9 Å². The third-order valence-electron chi connectivity index (χ3n) is 12.3. The molecule has 11 aromatic rings. The number of ether oxygens (including phenoxy) is 1. The zero-order valence-corrected chi connectivity index (χ0v) is 30.8. The second-order valence-electron chi connectivity index (χ2n) is 15.2. The molecule has 4 nitrogen and oxygen atoms in total. The fourth-order valence-electron chi connectivity index (χ4n) is 10.1. The Bertz CT molecular complexity index is 3360. The molecule has 0 radical (unpaired) electrons. The Labute approximate surface area is 329 Å². The van der Waals surface area contributed by atoms with Gasteiger partial charge in [0, 0.05) is 61.6 Å². The molecule has 0 saturated heterocycles. The van der Waals surface area contributed by atoms with Crippen LogP contribution < -0.4 is 26.0 Å². The fraction of sp³-hybridized carbons (Fsp3) is 0. The SMILES string of the molecule is c1ccc(N(c2ccccc2)c2cc3c(c4ccccc24)B2c4c(cc(-n5c6ccccc6c6ccccc65)cc4-n4c5ccccc5c5cccc2c54)O3)cc1. The van der Waals surface area contributed by atoms with Crippen LogP contribution in [0.3, 0.4) is 0 Å². The van der Waals surface area contributed by atoms with Gasteiger partial charge in [-0.2, -0.15) is 0 Å². The normalized spacial score (nSPS) is 12.7. The van der Waals surface area contributed by atoms with E-state index in [1.165, 1.54) is 70.8 Å². The molecule has 0 bridgehead atoms. The van der Waals surface area contributed by atoms with Crippen molar-refractivity contribution in [2.75, 3.05) is 4.90 Å². The molecule has 0 saturated carbocycles. The fourth-order valence-corrected chi connectivity index (χ4v) is 10.1. The molecule has 13 rings (SSSR count). The number of nitrogens with zero attached hydrogens (tertiary/aromatic N) is 3. The Morgan fingerprint density at radius 2 is 0.912 bits per heavy atom. The van der Waals surface area contributed by atoms with Gasteiger partial charge in [0.1, 0.15) is 11.5 Å². The minimum Gasteiger partial charge on any atom is -0.458 e. The molecule has 4 heterocycles. The van der Waals surface area contributed by atoms with E-state index < -0.39 is 0 Å². The number of hydrogen-bond acceptors (Lipinski definition) is 2. The lowest BCUT2D eigenvalue weighted by molar-refractivity contribution is 0.488. The van der Waals surface area contributed by atoms with Gasteiger partial charge in [-0.05, 0) is 70.3 Å². The highest BCUT2D eigenvalue weighted by Crippen LogP contribution is 2.45. The second kappa shape index (κ2) is 11.5. The molecule has 0 spiro atoms. The van der Waals surface area contributed by atoms with Crippen molar-refractivity contribution in [1.82, 2.24) is 9.13 Å². The highest BCUT2D eigenvalue weighted by Gasteiger charge is 2.42. The van der Waals surface area contributed by atoms with Crippen LogP contribution in [-0.4, -0.2) is 15.8 Å². The molecular formula is C52H32BN3O. The summed E-state index contributed by atoms with van der Waals surface area (Å²) in [5.41, 5.74) is 14.0. The lowest BCUT2D eigenvalue weighted by atomic mass is 9.34. The monoisotopic (exact) mass is 725 g/mol. The van der Waals surface area contributed by atoms with E-state index in [-0.39, 0.29) is 6.71 Å². The number of aromatic nitrogens is 2. The number of para-hydroxylation sites is 6. The Hall–Kier alpha value is -7.50. The molecular weight excluding hydrogens is 693 g/mol. The Morgan fingerprint density at radius 1 is 0.404 bits per heavy atom. The first kappa shape index (κ1) is 30.8. The topological polar surface area (TPSA) is 22.3 Å². The van der Waals surface area contributed by atoms with Crippen LogP contribution in [0.4, 0.5) is 17.1 Å². The summed E-state index contributed by atoms with van der Waals surface area (Å²) in [6.45, 7) is -0.0488. The minimum absolute atomic E-state index is 0.0488. The molecule has 9 aromatic carbocycles. The van der Waals surface area contributed by atoms with Crippen molar-refractivity contribution in [2.24, 2.45) is 0 Å². The molecule has 2 aromatic heterocycles. The molecule has 0 atom stereocenters. The van der Waals surface area contributed by atoms with Gasteiger partial charge in [-0.3, -0.25) is 0 Å². The van der Waals surface area contributed by atoms with Crippen LogP contribution in [0, 0.1) is 0 Å². The van der Waals surface area contributed by atoms with Gasteiger partial charge >= 0.3 is 0 Å². The Morgan fingerprint density at radius 3 is 1.56 bits per heavy atom. The summed E-state index contributed by atoms with van der Waals surface area (Å²) in [5, 5.41) is 7.37. The van der Waals surface area contributed by atoms with Crippen LogP contribution in [-0.2, 0) is 0 Å². The Balaban J connectivity index is 1.16. The summed E-state index contributed by atoms with van der Waals surface area (Å²) in [4.78, 5) is 2.36. The first-order valence-electron chi connectivity index (χ1n) is 19.6. The summed E-state index contributed by atoms with van der Waals surface area (Å²) >= 11 is 0. The van der Waals surface area contributed by atoms with E-state index in [1.807, 2.05) is 0 Å². The molecule has 0 fully saturated rings. The number of rotatable bonds is 4. The van der Waals surface area contributed by atoms with Gasteiger partial charge in [0.15, 0.2) is 0 Å². The molecule has 0 N–H and O–H groups in total. The average molecular weight is 726 g/mol. The van der Waals surface area contributed by atoms with E-state index in [4.69, 9.17) is 4.74 Å². The van der Waals surface area contributed by atoms with Crippen LogP contribution in [0.5, 0.6) is 11.5 Å². The molecule has 264 valence electrons. The maximum Gasteiger partial charge on any atom is 0.257 e. The van der Waals surface area contributed by atoms with Crippen LogP contribution in [0.25, 0.3) is 65.8 Å². The highest BCUT2D eigenvalue weighted by atomic mass is 16.5. The van der Waals surface area contributed by atoms with Gasteiger partial charge in [-0.1, -0.05) is 133 Å². The number of fused-ring (bicyclic) bond motifs is 12. The molecule has 0 amide bonds. The zero-order valence-electron chi connectivity index (χ0n) is 30.8. The van der Waals surface area contributed by atoms with E-state index >= 15 is 0 Å². The van der Waals surface area contributed by atoms with Crippen molar-refractivity contribution in [2.45, 2.75) is 0 Å². The maximum absolute atomic E-state index is 7.40. The minimum atomic E-state index is -0.0488. The Kier molecular flexibility index (Phi) is 6.22. The lowest BCUT2D eigenvalue weighted by Crippen LogP contribution is -2.58. The number of benzene rings is 9. The standard InChI is InChI=1S/C52H32BN3O/c1-3-16-33(17-4-1)54(34-18-5-2-6-19-34)46-32-49-50(40-24-8-7-22-38(40)46)53-42-26-15-25-41-39-23-11-14-29-45(39)56(52(41)42)47-30-35(31-48(57-49)51(47)53)55-43-27-12-9-20-36(43)37-21-10-13-28-44(37)55/h1-32H. The van der Waals surface area contributed by atoms with E-state index in [1.54, 1.807) is 0 Å². The maximum atomic E-state index is 7.40. The summed E-state index contributed by atoms with van der Waals surface area (Å²) in [7, 11) is 0. The smallest absolute Gasteiger partial charge is 0.257 e. The van der Waals surface area contributed by atoms with Crippen LogP contribution in [0.15, 0.2) is 194 Å². The van der Waals surface area contributed by atoms with Crippen molar-refractivity contribution in [3.05, 3.63) is 194 Å². The van der Waals surface area contributed by atoms with Gasteiger partial charge in [-0.25, -0.2) is 0 Å². The van der Waals surface area contributed by atoms with Crippen LogP contribution >= 0.6 is 0 Å². The van der Waals surface area contributed by atoms with E-state index in [0.29, 0.717) is 0 Å². The number of anilines is 3. The van der Waals surface area contributed by atoms with E-state index in [0.717, 1.165) is 39.9 Å². The van der Waals surface area contributed by atoms with Gasteiger partial charge in [-0.15, -0.1) is 0 Å². The second-order valence-corrected chi connectivity index (χ2v) is 15.2. The predicted molar refractivity (Wildman–Crippen MR) is 238 cm³/mol. The quantitative estimate of drug-likeness (QED) is 0.169. The van der Waals surface area contributed by atoms with E-state index in [9.17, 15) is 0 Å². The summed E-state index contributed by atoms with van der Waals surface area (Å²) in [6, 6.07) is 70.4. The predicted octanol–water partition coefficient (Wildman–Crippen LogP) is 11.4. The van der Waals surface area contributed by atoms with Gasteiger partial charge in [0.25, 0.3) is 6.71 Å². The van der Waals surface area contributed by atoms with Gasteiger partial charge in [0.2, 0.25) is 0 Å². The third kappa shape index (κ3) is 4.18. The molecule has 57 heavy (non-hydrogen) atoms. The molecule has 2 aliphatic heterocycles. The zero-order chi connectivity index (χ0) is 37.2. The van der Waals surface area contributed by atoms with Crippen LogP contribution in [0.2, 0.25) is 0 Å². The van der Waals surface area contributed by atoms with Crippen LogP contribution in [0.1, 0.15) is 0 Å². The molecule has 0 unspecified atom stereocenters. The molecule has 0 aliphatic carbocycles. The number of hydrogen-bond donors (Lipinski definition) is 0. The first-order chi connectivity index (χ1) is 28.3. The lowest BCUT2D eigenvalue weighted by Gasteiger charge is -2.36. The summed E-state index contributed by atoms with van der Waals surface area (Å²) in [5.74, 6) is 1.76. The van der Waals surface area contributed by atoms with Crippen molar-refractivity contribution in [3.8, 4) is 22.9 Å². The molecule has 2 aliphatic rings. The third-order valence-corrected chi connectivity index (χ3v) is 12.3. The summed E-state index contributed by atoms with van der Waals surface area (Å²) < 4.78 is 12.3. The first-order valence-corrected chi connectivity index (χ1v) is 19.6. The van der Waals surface area contributed by atoms with Gasteiger partial charge < -0.3 is 18.8 Å². The largest absolute Gasteiger partial charge is 0.458 e. The van der Waals surface area contributed by atoms with Crippen molar-refractivity contribution in [3.63, 3.8) is 0 Å². The van der Waals surface area contributed by atoms with E-state index in [2.05, 4.69) is 208 Å². The van der Waals surface area contributed by atoms with Crippen molar-refractivity contribution < 1.29 is 4.74 Å². The average Bonchev–Trinajstić information content (AvgIpc) is 3.80. The van der Waals surface area contributed by atoms with Crippen molar-refractivity contribution >= 4 is 94.5 Å². The van der Waals surface area contributed by atoms with Crippen molar-refractivity contribution in [1.29, 1.82) is 0 Å². The molecule has 5 heteroatoms. The summed E-state index contributed by atoms with van der Waals surface area (Å²) in [6.07, 6.45) is 0.